The molecule has 6 heteroatoms. The van der Waals surface area contributed by atoms with Gasteiger partial charge < -0.3 is 19.6 Å². The number of hydrogen-bond donors (Lipinski definition) is 1. The Morgan fingerprint density at radius 3 is 2.43 bits per heavy atom. The molecule has 1 aliphatic rings. The SMILES string of the molecule is CCC1(C(=O)c2ccc(N(CCO)CCOC(C)=O)cc2)Cc2ccccc2N1C. The van der Waals surface area contributed by atoms with Gasteiger partial charge in [-0.3, -0.25) is 9.59 Å². The first-order valence-electron chi connectivity index (χ1n) is 10.4. The fourth-order valence-electron chi connectivity index (χ4n) is 4.29. The lowest BCUT2D eigenvalue weighted by Crippen LogP contribution is -2.51. The zero-order valence-corrected chi connectivity index (χ0v) is 17.9. The number of para-hydroxylation sites is 1. The van der Waals surface area contributed by atoms with E-state index in [0.29, 0.717) is 25.1 Å². The predicted octanol–water partition coefficient (Wildman–Crippen LogP) is 3.07. The number of ether oxygens (including phenoxy) is 1. The average molecular weight is 411 g/mol. The largest absolute Gasteiger partial charge is 0.464 e. The van der Waals surface area contributed by atoms with E-state index in [1.165, 1.54) is 12.5 Å². The first kappa shape index (κ1) is 21.8. The highest BCUT2D eigenvalue weighted by Gasteiger charge is 2.46. The first-order valence-corrected chi connectivity index (χ1v) is 10.4. The van der Waals surface area contributed by atoms with Crippen molar-refractivity contribution in [3.63, 3.8) is 0 Å². The van der Waals surface area contributed by atoms with Crippen LogP contribution in [0, 0.1) is 0 Å². The van der Waals surface area contributed by atoms with Gasteiger partial charge in [-0.15, -0.1) is 0 Å². The van der Waals surface area contributed by atoms with Crippen LogP contribution in [0.2, 0.25) is 0 Å². The highest BCUT2D eigenvalue weighted by Crippen LogP contribution is 2.41. The molecule has 3 rings (SSSR count). The summed E-state index contributed by atoms with van der Waals surface area (Å²) in [7, 11) is 2.00. The Morgan fingerprint density at radius 1 is 1.13 bits per heavy atom. The average Bonchev–Trinajstić information content (AvgIpc) is 3.05. The van der Waals surface area contributed by atoms with Gasteiger partial charge in [0.15, 0.2) is 5.78 Å². The van der Waals surface area contributed by atoms with Gasteiger partial charge >= 0.3 is 5.97 Å². The number of likely N-dealkylation sites (N-methyl/N-ethyl adjacent to an activating group) is 1. The van der Waals surface area contributed by atoms with Gasteiger partial charge in [0.05, 0.1) is 13.2 Å². The van der Waals surface area contributed by atoms with Crippen molar-refractivity contribution in [1.82, 2.24) is 0 Å². The van der Waals surface area contributed by atoms with E-state index in [1.807, 2.05) is 48.3 Å². The number of ketones is 1. The lowest BCUT2D eigenvalue weighted by Gasteiger charge is -2.36. The van der Waals surface area contributed by atoms with Gasteiger partial charge in [0, 0.05) is 43.9 Å². The monoisotopic (exact) mass is 410 g/mol. The Kier molecular flexibility index (Phi) is 6.77. The second-order valence-corrected chi connectivity index (χ2v) is 7.68. The van der Waals surface area contributed by atoms with Gasteiger partial charge in [0.2, 0.25) is 0 Å². The van der Waals surface area contributed by atoms with Gasteiger partial charge in [-0.1, -0.05) is 25.1 Å². The van der Waals surface area contributed by atoms with Crippen molar-refractivity contribution in [2.45, 2.75) is 32.2 Å². The molecule has 0 aromatic heterocycles. The van der Waals surface area contributed by atoms with Crippen molar-refractivity contribution >= 4 is 23.1 Å². The van der Waals surface area contributed by atoms with Crippen LogP contribution in [0.15, 0.2) is 48.5 Å². The first-order chi connectivity index (χ1) is 14.4. The molecular weight excluding hydrogens is 380 g/mol. The maximum absolute atomic E-state index is 13.6. The third-order valence-electron chi connectivity index (χ3n) is 6.02. The van der Waals surface area contributed by atoms with Crippen molar-refractivity contribution in [2.24, 2.45) is 0 Å². The number of carbonyl (C=O) groups is 2. The number of aliphatic hydroxyl groups is 1. The van der Waals surface area contributed by atoms with Crippen LogP contribution < -0.4 is 9.80 Å². The second-order valence-electron chi connectivity index (χ2n) is 7.68. The molecule has 0 fully saturated rings. The van der Waals surface area contributed by atoms with Crippen molar-refractivity contribution in [2.75, 3.05) is 43.2 Å². The third-order valence-corrected chi connectivity index (χ3v) is 6.02. The minimum Gasteiger partial charge on any atom is -0.464 e. The van der Waals surface area contributed by atoms with Crippen molar-refractivity contribution in [3.8, 4) is 0 Å². The molecular formula is C24H30N2O4. The molecule has 2 aromatic carbocycles. The normalized spacial score (nSPS) is 17.5. The molecule has 6 nitrogen and oxygen atoms in total. The number of rotatable bonds is 9. The van der Waals surface area contributed by atoms with E-state index in [-0.39, 0.29) is 25.0 Å². The minimum atomic E-state index is -0.578. The second kappa shape index (κ2) is 9.30. The van der Waals surface area contributed by atoms with Gasteiger partial charge in [0.25, 0.3) is 0 Å². The predicted molar refractivity (Wildman–Crippen MR) is 118 cm³/mol. The highest BCUT2D eigenvalue weighted by molar-refractivity contribution is 6.07. The highest BCUT2D eigenvalue weighted by atomic mass is 16.5. The molecule has 1 heterocycles. The smallest absolute Gasteiger partial charge is 0.302 e. The van der Waals surface area contributed by atoms with E-state index >= 15 is 0 Å². The molecule has 1 N–H and O–H groups in total. The number of hydrogen-bond acceptors (Lipinski definition) is 6. The molecule has 0 saturated carbocycles. The molecule has 0 aliphatic carbocycles. The number of esters is 1. The topological polar surface area (TPSA) is 70.1 Å². The standard InChI is InChI=1S/C24H30N2O4/c1-4-24(17-20-7-5-6-8-22(20)25(24)3)23(29)19-9-11-21(12-10-19)26(13-15-27)14-16-30-18(2)28/h5-12,27H,4,13-17H2,1-3H3. The van der Waals surface area contributed by atoms with E-state index in [1.54, 1.807) is 0 Å². The molecule has 1 unspecified atom stereocenters. The van der Waals surface area contributed by atoms with Gasteiger partial charge in [-0.25, -0.2) is 0 Å². The van der Waals surface area contributed by atoms with Crippen LogP contribution in [-0.4, -0.2) is 55.7 Å². The molecule has 0 spiro atoms. The Morgan fingerprint density at radius 2 is 1.83 bits per heavy atom. The van der Waals surface area contributed by atoms with Crippen LogP contribution in [0.25, 0.3) is 0 Å². The number of aliphatic hydroxyl groups excluding tert-OH is 1. The van der Waals surface area contributed by atoms with Crippen molar-refractivity contribution in [3.05, 3.63) is 59.7 Å². The summed E-state index contributed by atoms with van der Waals surface area (Å²) in [6.45, 7) is 4.57. The van der Waals surface area contributed by atoms with Crippen LogP contribution in [0.1, 0.15) is 36.2 Å². The van der Waals surface area contributed by atoms with Crippen LogP contribution in [0.3, 0.4) is 0 Å². The number of fused-ring (bicyclic) bond motifs is 1. The Balaban J connectivity index is 1.79. The van der Waals surface area contributed by atoms with Crippen LogP contribution in [0.4, 0.5) is 11.4 Å². The number of nitrogens with zero attached hydrogens (tertiary/aromatic N) is 2. The lowest BCUT2D eigenvalue weighted by molar-refractivity contribution is -0.140. The maximum Gasteiger partial charge on any atom is 0.302 e. The molecule has 0 bridgehead atoms. The quantitative estimate of drug-likeness (QED) is 0.506. The van der Waals surface area contributed by atoms with Crippen LogP contribution in [0.5, 0.6) is 0 Å². The van der Waals surface area contributed by atoms with Crippen molar-refractivity contribution < 1.29 is 19.4 Å². The van der Waals surface area contributed by atoms with E-state index in [2.05, 4.69) is 24.0 Å². The Labute approximate surface area is 178 Å². The zero-order chi connectivity index (χ0) is 21.7. The fourth-order valence-corrected chi connectivity index (χ4v) is 4.29. The summed E-state index contributed by atoms with van der Waals surface area (Å²) < 4.78 is 5.02. The van der Waals surface area contributed by atoms with E-state index in [0.717, 1.165) is 17.8 Å². The number of anilines is 2. The zero-order valence-electron chi connectivity index (χ0n) is 17.9. The summed E-state index contributed by atoms with van der Waals surface area (Å²) in [5.41, 5.74) is 3.28. The molecule has 1 atom stereocenters. The van der Waals surface area contributed by atoms with Crippen LogP contribution in [-0.2, 0) is 16.0 Å². The molecule has 1 aliphatic heterocycles. The van der Waals surface area contributed by atoms with Gasteiger partial charge in [-0.2, -0.15) is 0 Å². The fraction of sp³-hybridized carbons (Fsp3) is 0.417. The summed E-state index contributed by atoms with van der Waals surface area (Å²) >= 11 is 0. The summed E-state index contributed by atoms with van der Waals surface area (Å²) in [6, 6.07) is 15.7. The number of carbonyl (C=O) groups excluding carboxylic acids is 2. The summed E-state index contributed by atoms with van der Waals surface area (Å²) in [5, 5.41) is 9.36. The Bertz CT molecular complexity index is 896. The van der Waals surface area contributed by atoms with Crippen molar-refractivity contribution in [1.29, 1.82) is 0 Å². The van der Waals surface area contributed by atoms with Gasteiger partial charge in [0.1, 0.15) is 12.1 Å². The molecule has 0 radical (unpaired) electrons. The maximum atomic E-state index is 13.6. The molecule has 0 amide bonds. The van der Waals surface area contributed by atoms with E-state index < -0.39 is 5.54 Å². The molecule has 160 valence electrons. The molecule has 2 aromatic rings. The van der Waals surface area contributed by atoms with Crippen LogP contribution >= 0.6 is 0 Å². The lowest BCUT2D eigenvalue weighted by atomic mass is 9.83. The number of Topliss-reactive ketones (excluding diaryl/α,β-unsaturated/α-hetero) is 1. The molecule has 30 heavy (non-hydrogen) atoms. The summed E-state index contributed by atoms with van der Waals surface area (Å²) in [5.74, 6) is -0.213. The summed E-state index contributed by atoms with van der Waals surface area (Å²) in [6.07, 6.45) is 1.42. The van der Waals surface area contributed by atoms with E-state index in [4.69, 9.17) is 4.74 Å². The number of benzene rings is 2. The Hall–Kier alpha value is -2.86. The minimum absolute atomic E-state index is 0.0112. The van der Waals surface area contributed by atoms with E-state index in [9.17, 15) is 14.7 Å². The third kappa shape index (κ3) is 4.19. The summed E-state index contributed by atoms with van der Waals surface area (Å²) in [4.78, 5) is 28.6. The molecule has 0 saturated heterocycles. The van der Waals surface area contributed by atoms with Gasteiger partial charge in [-0.05, 0) is 42.3 Å².